The molecular weight excluding hydrogens is 180 g/mol. The van der Waals surface area contributed by atoms with E-state index >= 15 is 0 Å². The molecule has 0 saturated heterocycles. The molecule has 1 aliphatic heterocycles. The SMILES string of the molecule is CC(=O)c1cc2c(cc1O)C[C@H](C)O2. The first-order valence-corrected chi connectivity index (χ1v) is 4.61. The maximum atomic E-state index is 11.1. The highest BCUT2D eigenvalue weighted by Crippen LogP contribution is 2.34. The average molecular weight is 192 g/mol. The van der Waals surface area contributed by atoms with Gasteiger partial charge in [-0.3, -0.25) is 4.79 Å². The standard InChI is InChI=1S/C11H12O3/c1-6-3-8-4-10(13)9(7(2)12)5-11(8)14-6/h4-6,13H,3H2,1-2H3/t6-/m0/s1. The third-order valence-corrected chi connectivity index (χ3v) is 2.39. The predicted octanol–water partition coefficient (Wildman–Crippen LogP) is 1.92. The van der Waals surface area contributed by atoms with Crippen LogP contribution >= 0.6 is 0 Å². The number of phenolic OH excluding ortho intramolecular Hbond substituents is 1. The number of ketones is 1. The monoisotopic (exact) mass is 192 g/mol. The second-order valence-electron chi connectivity index (χ2n) is 3.67. The molecule has 0 aliphatic carbocycles. The van der Waals surface area contributed by atoms with E-state index < -0.39 is 0 Å². The molecule has 1 heterocycles. The molecule has 1 N–H and O–H groups in total. The number of aromatic hydroxyl groups is 1. The molecule has 0 fully saturated rings. The molecule has 0 bridgehead atoms. The van der Waals surface area contributed by atoms with E-state index in [0.717, 1.165) is 17.7 Å². The molecule has 1 aliphatic rings. The number of Topliss-reactive ketones (excluding diaryl/α,β-unsaturated/α-hetero) is 1. The summed E-state index contributed by atoms with van der Waals surface area (Å²) in [6, 6.07) is 3.24. The molecule has 14 heavy (non-hydrogen) atoms. The van der Waals surface area contributed by atoms with Gasteiger partial charge in [0.2, 0.25) is 0 Å². The van der Waals surface area contributed by atoms with Crippen LogP contribution in [0.1, 0.15) is 29.8 Å². The van der Waals surface area contributed by atoms with Crippen molar-refractivity contribution in [1.82, 2.24) is 0 Å². The largest absolute Gasteiger partial charge is 0.507 e. The van der Waals surface area contributed by atoms with E-state index in [-0.39, 0.29) is 17.6 Å². The van der Waals surface area contributed by atoms with E-state index in [4.69, 9.17) is 4.74 Å². The summed E-state index contributed by atoms with van der Waals surface area (Å²) in [6.07, 6.45) is 0.924. The molecule has 0 unspecified atom stereocenters. The molecule has 0 aromatic heterocycles. The molecule has 0 amide bonds. The van der Waals surface area contributed by atoms with Crippen LogP contribution in [0.25, 0.3) is 0 Å². The fourth-order valence-electron chi connectivity index (χ4n) is 1.73. The van der Waals surface area contributed by atoms with Crippen LogP contribution in [0.4, 0.5) is 0 Å². The van der Waals surface area contributed by atoms with Crippen LogP contribution in [0.15, 0.2) is 12.1 Å². The first-order valence-electron chi connectivity index (χ1n) is 4.61. The van der Waals surface area contributed by atoms with E-state index in [1.54, 1.807) is 12.1 Å². The highest BCUT2D eigenvalue weighted by atomic mass is 16.5. The Hall–Kier alpha value is -1.51. The lowest BCUT2D eigenvalue weighted by molar-refractivity contribution is 0.101. The summed E-state index contributed by atoms with van der Waals surface area (Å²) in [5, 5.41) is 9.55. The Balaban J connectivity index is 2.50. The van der Waals surface area contributed by atoms with E-state index in [1.165, 1.54) is 6.92 Å². The molecule has 1 aromatic rings. The molecule has 3 heteroatoms. The maximum Gasteiger partial charge on any atom is 0.163 e. The molecule has 2 rings (SSSR count). The Labute approximate surface area is 82.3 Å². The van der Waals surface area contributed by atoms with Crippen molar-refractivity contribution in [3.8, 4) is 11.5 Å². The minimum absolute atomic E-state index is 0.0500. The number of rotatable bonds is 1. The molecular formula is C11H12O3. The summed E-state index contributed by atoms with van der Waals surface area (Å²) in [7, 11) is 0. The van der Waals surface area contributed by atoms with Gasteiger partial charge in [0.15, 0.2) is 5.78 Å². The van der Waals surface area contributed by atoms with Gasteiger partial charge in [-0.05, 0) is 26.0 Å². The van der Waals surface area contributed by atoms with E-state index in [9.17, 15) is 9.90 Å². The number of hydrogen-bond acceptors (Lipinski definition) is 3. The summed E-state index contributed by atoms with van der Waals surface area (Å²) >= 11 is 0. The highest BCUT2D eigenvalue weighted by Gasteiger charge is 2.22. The normalized spacial score (nSPS) is 18.9. The number of fused-ring (bicyclic) bond motifs is 1. The second-order valence-corrected chi connectivity index (χ2v) is 3.67. The number of carbonyl (C=O) groups excluding carboxylic acids is 1. The van der Waals surface area contributed by atoms with Crippen molar-refractivity contribution in [2.24, 2.45) is 0 Å². The van der Waals surface area contributed by atoms with Crippen LogP contribution in [-0.2, 0) is 6.42 Å². The zero-order chi connectivity index (χ0) is 10.3. The van der Waals surface area contributed by atoms with Crippen molar-refractivity contribution in [3.63, 3.8) is 0 Å². The summed E-state index contributed by atoms with van der Waals surface area (Å²) in [5.74, 6) is 0.628. The minimum Gasteiger partial charge on any atom is -0.507 e. The van der Waals surface area contributed by atoms with Gasteiger partial charge in [-0.15, -0.1) is 0 Å². The lowest BCUT2D eigenvalue weighted by Gasteiger charge is -2.05. The van der Waals surface area contributed by atoms with Crippen molar-refractivity contribution in [1.29, 1.82) is 0 Å². The van der Waals surface area contributed by atoms with Gasteiger partial charge in [-0.25, -0.2) is 0 Å². The molecule has 1 aromatic carbocycles. The maximum absolute atomic E-state index is 11.1. The molecule has 0 saturated carbocycles. The zero-order valence-electron chi connectivity index (χ0n) is 8.20. The van der Waals surface area contributed by atoms with Crippen molar-refractivity contribution < 1.29 is 14.6 Å². The summed E-state index contributed by atoms with van der Waals surface area (Å²) in [4.78, 5) is 11.1. The number of carbonyl (C=O) groups is 1. The molecule has 1 atom stereocenters. The van der Waals surface area contributed by atoms with Crippen molar-refractivity contribution in [2.75, 3.05) is 0 Å². The summed E-state index contributed by atoms with van der Waals surface area (Å²) in [5.41, 5.74) is 1.30. The summed E-state index contributed by atoms with van der Waals surface area (Å²) < 4.78 is 5.49. The number of hydrogen-bond donors (Lipinski definition) is 1. The Kier molecular flexibility index (Phi) is 1.95. The Morgan fingerprint density at radius 1 is 1.57 bits per heavy atom. The van der Waals surface area contributed by atoms with E-state index in [2.05, 4.69) is 0 Å². The number of benzene rings is 1. The number of ether oxygens (including phenoxy) is 1. The van der Waals surface area contributed by atoms with Gasteiger partial charge in [0.25, 0.3) is 0 Å². The van der Waals surface area contributed by atoms with Crippen LogP contribution in [0.5, 0.6) is 11.5 Å². The molecule has 74 valence electrons. The van der Waals surface area contributed by atoms with Gasteiger partial charge in [-0.2, -0.15) is 0 Å². The smallest absolute Gasteiger partial charge is 0.163 e. The van der Waals surface area contributed by atoms with Crippen LogP contribution in [0.3, 0.4) is 0 Å². The molecule has 0 radical (unpaired) electrons. The first kappa shape index (κ1) is 9.06. The third kappa shape index (κ3) is 1.35. The van der Waals surface area contributed by atoms with Crippen molar-refractivity contribution >= 4 is 5.78 Å². The van der Waals surface area contributed by atoms with Gasteiger partial charge in [0.05, 0.1) is 5.56 Å². The number of phenols is 1. The van der Waals surface area contributed by atoms with Crippen LogP contribution in [0.2, 0.25) is 0 Å². The zero-order valence-corrected chi connectivity index (χ0v) is 8.20. The fraction of sp³-hybridized carbons (Fsp3) is 0.364. The van der Waals surface area contributed by atoms with E-state index in [1.807, 2.05) is 6.92 Å². The van der Waals surface area contributed by atoms with Gasteiger partial charge in [0, 0.05) is 12.0 Å². The van der Waals surface area contributed by atoms with Gasteiger partial charge in [-0.1, -0.05) is 0 Å². The topological polar surface area (TPSA) is 46.5 Å². The Morgan fingerprint density at radius 2 is 2.29 bits per heavy atom. The van der Waals surface area contributed by atoms with Crippen molar-refractivity contribution in [2.45, 2.75) is 26.4 Å². The first-order chi connectivity index (χ1) is 6.58. The Bertz CT molecular complexity index is 396. The van der Waals surface area contributed by atoms with Crippen LogP contribution in [0, 0.1) is 0 Å². The molecule has 3 nitrogen and oxygen atoms in total. The predicted molar refractivity (Wildman–Crippen MR) is 51.9 cm³/mol. The highest BCUT2D eigenvalue weighted by molar-refractivity contribution is 5.97. The lowest BCUT2D eigenvalue weighted by Crippen LogP contribution is -2.05. The van der Waals surface area contributed by atoms with Crippen LogP contribution < -0.4 is 4.74 Å². The van der Waals surface area contributed by atoms with Crippen LogP contribution in [-0.4, -0.2) is 17.0 Å². The van der Waals surface area contributed by atoms with Crippen molar-refractivity contribution in [3.05, 3.63) is 23.3 Å². The quantitative estimate of drug-likeness (QED) is 0.691. The van der Waals surface area contributed by atoms with Gasteiger partial charge in [0.1, 0.15) is 17.6 Å². The second kappa shape index (κ2) is 3.01. The third-order valence-electron chi connectivity index (χ3n) is 2.39. The average Bonchev–Trinajstić information content (AvgIpc) is 2.42. The van der Waals surface area contributed by atoms with E-state index in [0.29, 0.717) is 5.56 Å². The van der Waals surface area contributed by atoms with Gasteiger partial charge >= 0.3 is 0 Å². The fourth-order valence-corrected chi connectivity index (χ4v) is 1.73. The summed E-state index contributed by atoms with van der Waals surface area (Å²) in [6.45, 7) is 3.39. The lowest BCUT2D eigenvalue weighted by atomic mass is 10.0. The molecule has 0 spiro atoms. The van der Waals surface area contributed by atoms with Gasteiger partial charge < -0.3 is 9.84 Å². The minimum atomic E-state index is -0.145. The Morgan fingerprint density at radius 3 is 2.93 bits per heavy atom.